The third-order valence-corrected chi connectivity index (χ3v) is 2.99. The summed E-state index contributed by atoms with van der Waals surface area (Å²) in [6.45, 7) is 2.35. The van der Waals surface area contributed by atoms with Gasteiger partial charge in [0.2, 0.25) is 0 Å². The molecule has 0 amide bonds. The second kappa shape index (κ2) is 7.17. The fourth-order valence-corrected chi connectivity index (χ4v) is 2.04. The van der Waals surface area contributed by atoms with Crippen LogP contribution in [0.25, 0.3) is 0 Å². The lowest BCUT2D eigenvalue weighted by molar-refractivity contribution is 0.528. The van der Waals surface area contributed by atoms with Gasteiger partial charge in [-0.15, -0.1) is 0 Å². The zero-order valence-electron chi connectivity index (χ0n) is 9.10. The number of allylic oxidation sites excluding steroid dienone is 2. The van der Waals surface area contributed by atoms with Crippen LogP contribution in [0, 0.1) is 5.92 Å². The molecule has 0 bridgehead atoms. The molecule has 0 nitrogen and oxygen atoms in total. The molecule has 1 rings (SSSR count). The SMILES string of the molecule is CC1/C=C\CCCCCCCCC1. The first-order valence-electron chi connectivity index (χ1n) is 6.06. The highest BCUT2D eigenvalue weighted by Crippen LogP contribution is 2.15. The Morgan fingerprint density at radius 3 is 2.23 bits per heavy atom. The minimum atomic E-state index is 0.819. The highest BCUT2D eigenvalue weighted by Gasteiger charge is 1.98. The fourth-order valence-electron chi connectivity index (χ4n) is 2.04. The summed E-state index contributed by atoms with van der Waals surface area (Å²) in [6, 6.07) is 0. The Morgan fingerprint density at radius 1 is 0.846 bits per heavy atom. The van der Waals surface area contributed by atoms with Gasteiger partial charge < -0.3 is 0 Å². The van der Waals surface area contributed by atoms with E-state index in [0.717, 1.165) is 5.92 Å². The van der Waals surface area contributed by atoms with Crippen molar-refractivity contribution in [2.24, 2.45) is 5.92 Å². The molecular formula is C13H24. The van der Waals surface area contributed by atoms with Gasteiger partial charge in [0.05, 0.1) is 0 Å². The summed E-state index contributed by atoms with van der Waals surface area (Å²) in [5, 5.41) is 0. The smallest absolute Gasteiger partial charge is 0.0262 e. The lowest BCUT2D eigenvalue weighted by Gasteiger charge is -2.07. The number of rotatable bonds is 0. The molecule has 0 spiro atoms. The molecule has 0 heteroatoms. The molecule has 1 atom stereocenters. The van der Waals surface area contributed by atoms with Crippen molar-refractivity contribution in [2.45, 2.75) is 64.7 Å². The van der Waals surface area contributed by atoms with Crippen molar-refractivity contribution in [3.05, 3.63) is 12.2 Å². The zero-order chi connectivity index (χ0) is 9.36. The molecule has 1 aliphatic rings. The van der Waals surface area contributed by atoms with Gasteiger partial charge in [0.15, 0.2) is 0 Å². The molecule has 0 heterocycles. The highest BCUT2D eigenvalue weighted by atomic mass is 14.0. The van der Waals surface area contributed by atoms with Gasteiger partial charge in [-0.05, 0) is 25.2 Å². The minimum Gasteiger partial charge on any atom is -0.0883 e. The van der Waals surface area contributed by atoms with Crippen molar-refractivity contribution in [1.82, 2.24) is 0 Å². The molecule has 0 aromatic carbocycles. The fraction of sp³-hybridized carbons (Fsp3) is 0.846. The van der Waals surface area contributed by atoms with Crippen molar-refractivity contribution in [2.75, 3.05) is 0 Å². The second-order valence-corrected chi connectivity index (χ2v) is 4.46. The standard InChI is InChI=1S/C13H24/c1-13-11-9-7-5-3-2-4-6-8-10-12-13/h9,11,13H,2-8,10,12H2,1H3/b11-9-. The molecular weight excluding hydrogens is 156 g/mol. The highest BCUT2D eigenvalue weighted by molar-refractivity contribution is 4.86. The van der Waals surface area contributed by atoms with Crippen LogP contribution in [0.2, 0.25) is 0 Å². The van der Waals surface area contributed by atoms with Crippen LogP contribution in [-0.2, 0) is 0 Å². The van der Waals surface area contributed by atoms with E-state index in [-0.39, 0.29) is 0 Å². The van der Waals surface area contributed by atoms with Gasteiger partial charge in [0.25, 0.3) is 0 Å². The van der Waals surface area contributed by atoms with Crippen LogP contribution >= 0.6 is 0 Å². The van der Waals surface area contributed by atoms with E-state index in [1.165, 1.54) is 57.8 Å². The quantitative estimate of drug-likeness (QED) is 0.474. The minimum absolute atomic E-state index is 0.819. The van der Waals surface area contributed by atoms with Gasteiger partial charge in [-0.3, -0.25) is 0 Å². The Balaban J connectivity index is 2.22. The van der Waals surface area contributed by atoms with Crippen LogP contribution in [0.1, 0.15) is 64.7 Å². The van der Waals surface area contributed by atoms with Crippen molar-refractivity contribution in [1.29, 1.82) is 0 Å². The van der Waals surface area contributed by atoms with E-state index < -0.39 is 0 Å². The predicted molar refractivity (Wildman–Crippen MR) is 59.9 cm³/mol. The van der Waals surface area contributed by atoms with E-state index in [9.17, 15) is 0 Å². The summed E-state index contributed by atoms with van der Waals surface area (Å²) < 4.78 is 0. The molecule has 76 valence electrons. The molecule has 0 saturated heterocycles. The largest absolute Gasteiger partial charge is 0.0883 e. The zero-order valence-corrected chi connectivity index (χ0v) is 9.10. The Morgan fingerprint density at radius 2 is 1.46 bits per heavy atom. The van der Waals surface area contributed by atoms with Gasteiger partial charge >= 0.3 is 0 Å². The normalized spacial score (nSPS) is 30.1. The van der Waals surface area contributed by atoms with Gasteiger partial charge in [-0.2, -0.15) is 0 Å². The van der Waals surface area contributed by atoms with Crippen LogP contribution in [-0.4, -0.2) is 0 Å². The maximum atomic E-state index is 2.42. The van der Waals surface area contributed by atoms with Crippen LogP contribution in [0.3, 0.4) is 0 Å². The molecule has 0 aliphatic heterocycles. The van der Waals surface area contributed by atoms with E-state index in [4.69, 9.17) is 0 Å². The van der Waals surface area contributed by atoms with Crippen LogP contribution in [0.5, 0.6) is 0 Å². The Kier molecular flexibility index (Phi) is 5.97. The van der Waals surface area contributed by atoms with E-state index in [1.807, 2.05) is 0 Å². The van der Waals surface area contributed by atoms with Crippen molar-refractivity contribution in [3.8, 4) is 0 Å². The topological polar surface area (TPSA) is 0 Å². The Hall–Kier alpha value is -0.260. The molecule has 0 fully saturated rings. The van der Waals surface area contributed by atoms with Crippen molar-refractivity contribution >= 4 is 0 Å². The van der Waals surface area contributed by atoms with Gasteiger partial charge in [0.1, 0.15) is 0 Å². The molecule has 0 aromatic heterocycles. The third kappa shape index (κ3) is 5.90. The van der Waals surface area contributed by atoms with Gasteiger partial charge in [-0.25, -0.2) is 0 Å². The average molecular weight is 180 g/mol. The molecule has 1 aliphatic carbocycles. The maximum absolute atomic E-state index is 2.42. The van der Waals surface area contributed by atoms with Crippen LogP contribution < -0.4 is 0 Å². The summed E-state index contributed by atoms with van der Waals surface area (Å²) in [7, 11) is 0. The van der Waals surface area contributed by atoms with E-state index in [0.29, 0.717) is 0 Å². The van der Waals surface area contributed by atoms with Crippen molar-refractivity contribution < 1.29 is 0 Å². The molecule has 1 unspecified atom stereocenters. The molecule has 0 saturated carbocycles. The molecule has 0 aromatic rings. The lowest BCUT2D eigenvalue weighted by atomic mass is 9.99. The van der Waals surface area contributed by atoms with E-state index in [2.05, 4.69) is 19.1 Å². The number of hydrogen-bond donors (Lipinski definition) is 0. The second-order valence-electron chi connectivity index (χ2n) is 4.46. The van der Waals surface area contributed by atoms with Crippen molar-refractivity contribution in [3.63, 3.8) is 0 Å². The van der Waals surface area contributed by atoms with E-state index >= 15 is 0 Å². The van der Waals surface area contributed by atoms with Gasteiger partial charge in [-0.1, -0.05) is 57.6 Å². The number of hydrogen-bond acceptors (Lipinski definition) is 0. The van der Waals surface area contributed by atoms with E-state index in [1.54, 1.807) is 0 Å². The molecule has 0 radical (unpaired) electrons. The summed E-state index contributed by atoms with van der Waals surface area (Å²) in [5.41, 5.74) is 0. The van der Waals surface area contributed by atoms with Crippen LogP contribution in [0.15, 0.2) is 12.2 Å². The summed E-state index contributed by atoms with van der Waals surface area (Å²) in [5.74, 6) is 0.819. The Labute approximate surface area is 83.4 Å². The van der Waals surface area contributed by atoms with Crippen LogP contribution in [0.4, 0.5) is 0 Å². The summed E-state index contributed by atoms with van der Waals surface area (Å²) in [6.07, 6.45) is 17.7. The summed E-state index contributed by atoms with van der Waals surface area (Å²) in [4.78, 5) is 0. The Bertz CT molecular complexity index is 135. The van der Waals surface area contributed by atoms with Gasteiger partial charge in [0, 0.05) is 0 Å². The first-order valence-corrected chi connectivity index (χ1v) is 6.06. The molecule has 13 heavy (non-hydrogen) atoms. The average Bonchev–Trinajstić information content (AvgIpc) is 2.11. The predicted octanol–water partition coefficient (Wildman–Crippen LogP) is 4.70. The summed E-state index contributed by atoms with van der Waals surface area (Å²) >= 11 is 0. The lowest BCUT2D eigenvalue weighted by Crippen LogP contribution is -1.91. The monoisotopic (exact) mass is 180 g/mol. The molecule has 0 N–H and O–H groups in total. The first-order chi connectivity index (χ1) is 6.39. The maximum Gasteiger partial charge on any atom is -0.0262 e. The third-order valence-electron chi connectivity index (χ3n) is 2.99. The first kappa shape index (κ1) is 10.8.